The topological polar surface area (TPSA) is 64.1 Å². The summed E-state index contributed by atoms with van der Waals surface area (Å²) < 4.78 is 5.72. The third kappa shape index (κ3) is 6.14. The number of nitrogens with zero attached hydrogens (tertiary/aromatic N) is 2. The minimum absolute atomic E-state index is 0.112. The van der Waals surface area contributed by atoms with Crippen LogP contribution >= 0.6 is 11.3 Å². The van der Waals surface area contributed by atoms with Crippen molar-refractivity contribution in [2.75, 3.05) is 0 Å². The Balaban J connectivity index is 1.51. The molecule has 0 bridgehead atoms. The highest BCUT2D eigenvalue weighted by Gasteiger charge is 2.13. The van der Waals surface area contributed by atoms with E-state index in [2.05, 4.69) is 15.3 Å². The Labute approximate surface area is 197 Å². The van der Waals surface area contributed by atoms with Crippen molar-refractivity contribution in [2.45, 2.75) is 26.5 Å². The fraction of sp³-hybridized carbons (Fsp3) is 0.148. The molecular weight excluding hydrogens is 430 g/mol. The van der Waals surface area contributed by atoms with E-state index in [1.54, 1.807) is 6.20 Å². The molecule has 0 atom stereocenters. The molecule has 0 aliphatic carbocycles. The fourth-order valence-electron chi connectivity index (χ4n) is 3.24. The second kappa shape index (κ2) is 10.7. The Kier molecular flexibility index (Phi) is 7.27. The van der Waals surface area contributed by atoms with Crippen molar-refractivity contribution < 1.29 is 9.53 Å². The first-order valence-corrected chi connectivity index (χ1v) is 11.6. The van der Waals surface area contributed by atoms with E-state index in [0.717, 1.165) is 33.3 Å². The van der Waals surface area contributed by atoms with Gasteiger partial charge in [-0.15, -0.1) is 11.3 Å². The van der Waals surface area contributed by atoms with Gasteiger partial charge in [-0.05, 0) is 55.3 Å². The molecule has 6 heteroatoms. The highest BCUT2D eigenvalue weighted by Crippen LogP contribution is 2.23. The van der Waals surface area contributed by atoms with E-state index >= 15 is 0 Å². The summed E-state index contributed by atoms with van der Waals surface area (Å²) in [4.78, 5) is 22.1. The van der Waals surface area contributed by atoms with Gasteiger partial charge in [0.1, 0.15) is 10.8 Å². The Hall–Kier alpha value is -3.77. The van der Waals surface area contributed by atoms with E-state index in [1.165, 1.54) is 11.3 Å². The number of pyridine rings is 1. The van der Waals surface area contributed by atoms with Crippen molar-refractivity contribution in [3.8, 4) is 16.5 Å². The zero-order valence-electron chi connectivity index (χ0n) is 18.6. The number of hydrogen-bond donors (Lipinski definition) is 1. The molecular formula is C27H25N3O2S. The van der Waals surface area contributed by atoms with Crippen LogP contribution in [-0.4, -0.2) is 22.0 Å². The molecule has 4 rings (SSSR count). The summed E-state index contributed by atoms with van der Waals surface area (Å²) in [7, 11) is 0. The molecule has 5 nitrogen and oxygen atoms in total. The predicted molar refractivity (Wildman–Crippen MR) is 134 cm³/mol. The first-order chi connectivity index (χ1) is 16.1. The van der Waals surface area contributed by atoms with Crippen molar-refractivity contribution >= 4 is 28.9 Å². The summed E-state index contributed by atoms with van der Waals surface area (Å²) >= 11 is 1.52. The number of nitrogens with one attached hydrogen (secondary N) is 1. The molecule has 0 saturated carbocycles. The van der Waals surface area contributed by atoms with E-state index in [9.17, 15) is 4.79 Å². The second-order valence-corrected chi connectivity index (χ2v) is 8.56. The van der Waals surface area contributed by atoms with Crippen molar-refractivity contribution in [3.63, 3.8) is 0 Å². The van der Waals surface area contributed by atoms with Crippen LogP contribution in [0.5, 0.6) is 5.75 Å². The SMILES string of the molecule is CC(C)Oc1ccc(/C=C(/C(=O)NCc2csc(-c3ccccn3)n2)c2ccccc2)cc1. The number of aromatic nitrogens is 2. The summed E-state index contributed by atoms with van der Waals surface area (Å²) in [5.41, 5.74) is 4.00. The van der Waals surface area contributed by atoms with Gasteiger partial charge in [0.15, 0.2) is 0 Å². The number of benzene rings is 2. The number of hydrogen-bond acceptors (Lipinski definition) is 5. The lowest BCUT2D eigenvalue weighted by Gasteiger charge is -2.11. The van der Waals surface area contributed by atoms with Gasteiger partial charge in [-0.3, -0.25) is 9.78 Å². The number of thiazole rings is 1. The van der Waals surface area contributed by atoms with Crippen LogP contribution in [0, 0.1) is 0 Å². The molecule has 0 aliphatic rings. The Morgan fingerprint density at radius 2 is 1.79 bits per heavy atom. The van der Waals surface area contributed by atoms with Crippen LogP contribution < -0.4 is 10.1 Å². The zero-order chi connectivity index (χ0) is 23.0. The summed E-state index contributed by atoms with van der Waals surface area (Å²) in [6.07, 6.45) is 3.75. The van der Waals surface area contributed by atoms with Crippen LogP contribution in [0.2, 0.25) is 0 Å². The van der Waals surface area contributed by atoms with Gasteiger partial charge in [-0.1, -0.05) is 48.5 Å². The molecule has 1 N–H and O–H groups in total. The molecule has 0 aliphatic heterocycles. The van der Waals surface area contributed by atoms with Crippen molar-refractivity contribution in [1.82, 2.24) is 15.3 Å². The zero-order valence-corrected chi connectivity index (χ0v) is 19.4. The van der Waals surface area contributed by atoms with Crippen LogP contribution in [0.1, 0.15) is 30.7 Å². The van der Waals surface area contributed by atoms with Crippen LogP contribution in [0.3, 0.4) is 0 Å². The standard InChI is InChI=1S/C27H25N3O2S/c1-19(2)32-23-13-11-20(12-14-23)16-24(21-8-4-3-5-9-21)26(31)29-17-22-18-33-27(30-22)25-10-6-7-15-28-25/h3-16,18-19H,17H2,1-2H3,(H,29,31)/b24-16+. The van der Waals surface area contributed by atoms with Crippen LogP contribution in [0.15, 0.2) is 84.4 Å². The Morgan fingerprint density at radius 1 is 1.03 bits per heavy atom. The van der Waals surface area contributed by atoms with E-state index in [1.807, 2.05) is 98.1 Å². The van der Waals surface area contributed by atoms with E-state index in [0.29, 0.717) is 12.1 Å². The number of carbonyl (C=O) groups excluding carboxylic acids is 1. The van der Waals surface area contributed by atoms with Gasteiger partial charge in [0.05, 0.1) is 24.0 Å². The van der Waals surface area contributed by atoms with Gasteiger partial charge in [-0.2, -0.15) is 0 Å². The predicted octanol–water partition coefficient (Wildman–Crippen LogP) is 5.85. The molecule has 0 radical (unpaired) electrons. The molecule has 1 amide bonds. The van der Waals surface area contributed by atoms with Gasteiger partial charge >= 0.3 is 0 Å². The maximum Gasteiger partial charge on any atom is 0.252 e. The molecule has 0 fully saturated rings. The number of carbonyl (C=O) groups is 1. The van der Waals surface area contributed by atoms with Crippen molar-refractivity contribution in [2.24, 2.45) is 0 Å². The molecule has 0 unspecified atom stereocenters. The lowest BCUT2D eigenvalue weighted by atomic mass is 10.0. The first kappa shape index (κ1) is 22.4. The minimum atomic E-state index is -0.156. The average Bonchev–Trinajstić information content (AvgIpc) is 3.32. The van der Waals surface area contributed by atoms with Crippen LogP contribution in [0.4, 0.5) is 0 Å². The maximum atomic E-state index is 13.2. The number of ether oxygens (including phenoxy) is 1. The Morgan fingerprint density at radius 3 is 2.48 bits per heavy atom. The smallest absolute Gasteiger partial charge is 0.252 e. The molecule has 166 valence electrons. The van der Waals surface area contributed by atoms with E-state index in [4.69, 9.17) is 4.74 Å². The third-order valence-corrected chi connectivity index (χ3v) is 5.67. The van der Waals surface area contributed by atoms with Crippen molar-refractivity contribution in [1.29, 1.82) is 0 Å². The first-order valence-electron chi connectivity index (χ1n) is 10.8. The van der Waals surface area contributed by atoms with Gasteiger partial charge in [-0.25, -0.2) is 4.98 Å². The average molecular weight is 456 g/mol. The summed E-state index contributed by atoms with van der Waals surface area (Å²) in [6.45, 7) is 4.33. The molecule has 0 spiro atoms. The summed E-state index contributed by atoms with van der Waals surface area (Å²) in [6, 6.07) is 23.1. The quantitative estimate of drug-likeness (QED) is 0.267. The highest BCUT2D eigenvalue weighted by molar-refractivity contribution is 7.13. The molecule has 2 aromatic carbocycles. The third-order valence-electron chi connectivity index (χ3n) is 4.76. The monoisotopic (exact) mass is 455 g/mol. The van der Waals surface area contributed by atoms with E-state index < -0.39 is 0 Å². The molecule has 33 heavy (non-hydrogen) atoms. The second-order valence-electron chi connectivity index (χ2n) is 7.70. The van der Waals surface area contributed by atoms with Crippen LogP contribution in [-0.2, 0) is 11.3 Å². The summed E-state index contributed by atoms with van der Waals surface area (Å²) in [5.74, 6) is 0.649. The lowest BCUT2D eigenvalue weighted by molar-refractivity contribution is -0.115. The van der Waals surface area contributed by atoms with Gasteiger partial charge in [0.25, 0.3) is 5.91 Å². The maximum absolute atomic E-state index is 13.2. The van der Waals surface area contributed by atoms with Crippen LogP contribution in [0.25, 0.3) is 22.4 Å². The molecule has 2 heterocycles. The largest absolute Gasteiger partial charge is 0.491 e. The highest BCUT2D eigenvalue weighted by atomic mass is 32.1. The van der Waals surface area contributed by atoms with Gasteiger partial charge in [0.2, 0.25) is 0 Å². The normalized spacial score (nSPS) is 11.4. The lowest BCUT2D eigenvalue weighted by Crippen LogP contribution is -2.24. The number of amides is 1. The summed E-state index contributed by atoms with van der Waals surface area (Å²) in [5, 5.41) is 5.80. The van der Waals surface area contributed by atoms with Gasteiger partial charge < -0.3 is 10.1 Å². The number of rotatable bonds is 8. The van der Waals surface area contributed by atoms with Gasteiger partial charge in [0, 0.05) is 17.2 Å². The molecule has 0 saturated heterocycles. The molecule has 2 aromatic heterocycles. The minimum Gasteiger partial charge on any atom is -0.491 e. The molecule has 4 aromatic rings. The Bertz CT molecular complexity index is 1220. The fourth-order valence-corrected chi connectivity index (χ4v) is 4.04. The van der Waals surface area contributed by atoms with Crippen molar-refractivity contribution in [3.05, 3.63) is 101 Å². The van der Waals surface area contributed by atoms with E-state index in [-0.39, 0.29) is 12.0 Å².